The van der Waals surface area contributed by atoms with Crippen LogP contribution in [0.3, 0.4) is 0 Å². The Hall–Kier alpha value is -2.66. The molecule has 0 atom stereocenters. The lowest BCUT2D eigenvalue weighted by Crippen LogP contribution is -2.50. The zero-order valence-electron chi connectivity index (χ0n) is 16.1. The fourth-order valence-corrected chi connectivity index (χ4v) is 3.19. The summed E-state index contributed by atoms with van der Waals surface area (Å²) in [6.45, 7) is 8.53. The number of aryl methyl sites for hydroxylation is 2. The average Bonchev–Trinajstić information content (AvgIpc) is 2.69. The Labute approximate surface area is 161 Å². The number of carbonyl (C=O) groups excluding carboxylic acids is 2. The Morgan fingerprint density at radius 1 is 0.815 bits per heavy atom. The number of benzene rings is 2. The van der Waals surface area contributed by atoms with Crippen molar-refractivity contribution in [2.24, 2.45) is 0 Å². The molecule has 0 unspecified atom stereocenters. The van der Waals surface area contributed by atoms with Crippen molar-refractivity contribution in [1.29, 1.82) is 0 Å². The van der Waals surface area contributed by atoms with Gasteiger partial charge < -0.3 is 10.2 Å². The lowest BCUT2D eigenvalue weighted by molar-refractivity contribution is 0.0638. The van der Waals surface area contributed by atoms with E-state index in [9.17, 15) is 9.59 Å². The fourth-order valence-electron chi connectivity index (χ4n) is 3.19. The third-order valence-electron chi connectivity index (χ3n) is 4.99. The van der Waals surface area contributed by atoms with Crippen molar-refractivity contribution in [3.63, 3.8) is 0 Å². The van der Waals surface area contributed by atoms with Crippen molar-refractivity contribution in [2.45, 2.75) is 13.8 Å². The number of hydrogen-bond donors (Lipinski definition) is 1. The van der Waals surface area contributed by atoms with Crippen LogP contribution < -0.4 is 5.32 Å². The van der Waals surface area contributed by atoms with Gasteiger partial charge in [-0.15, -0.1) is 0 Å². The molecule has 1 heterocycles. The second-order valence-corrected chi connectivity index (χ2v) is 7.12. The lowest BCUT2D eigenvalue weighted by Gasteiger charge is -2.34. The fraction of sp³-hybridized carbons (Fsp3) is 0.364. The lowest BCUT2D eigenvalue weighted by atomic mass is 10.1. The van der Waals surface area contributed by atoms with E-state index < -0.39 is 0 Å². The van der Waals surface area contributed by atoms with Crippen molar-refractivity contribution in [3.8, 4) is 0 Å². The van der Waals surface area contributed by atoms with Gasteiger partial charge >= 0.3 is 0 Å². The molecule has 1 N–H and O–H groups in total. The largest absolute Gasteiger partial charge is 0.351 e. The molecular weight excluding hydrogens is 338 g/mol. The first-order valence-electron chi connectivity index (χ1n) is 9.46. The molecule has 2 aromatic rings. The van der Waals surface area contributed by atoms with Crippen LogP contribution in [0, 0.1) is 13.8 Å². The highest BCUT2D eigenvalue weighted by molar-refractivity contribution is 5.94. The predicted octanol–water partition coefficient (Wildman–Crippen LogP) is 2.49. The summed E-state index contributed by atoms with van der Waals surface area (Å²) >= 11 is 0. The van der Waals surface area contributed by atoms with E-state index in [0.717, 1.165) is 49.4 Å². The first kappa shape index (κ1) is 19.1. The number of piperazine rings is 1. The van der Waals surface area contributed by atoms with Gasteiger partial charge in [-0.05, 0) is 38.1 Å². The summed E-state index contributed by atoms with van der Waals surface area (Å²) in [6, 6.07) is 15.3. The zero-order chi connectivity index (χ0) is 19.2. The van der Waals surface area contributed by atoms with Crippen molar-refractivity contribution < 1.29 is 9.59 Å². The van der Waals surface area contributed by atoms with Gasteiger partial charge in [-0.3, -0.25) is 14.5 Å². The SMILES string of the molecule is Cc1ccc(C(=O)NCCN2CCN(C(=O)c3ccc(C)cc3)CC2)cc1. The van der Waals surface area contributed by atoms with Gasteiger partial charge in [-0.25, -0.2) is 0 Å². The van der Waals surface area contributed by atoms with E-state index in [1.165, 1.54) is 0 Å². The predicted molar refractivity (Wildman–Crippen MR) is 107 cm³/mol. The number of nitrogens with zero attached hydrogens (tertiary/aromatic N) is 2. The van der Waals surface area contributed by atoms with Crippen LogP contribution in [0.5, 0.6) is 0 Å². The smallest absolute Gasteiger partial charge is 0.253 e. The molecule has 0 spiro atoms. The minimum Gasteiger partial charge on any atom is -0.351 e. The first-order valence-corrected chi connectivity index (χ1v) is 9.46. The van der Waals surface area contributed by atoms with Gasteiger partial charge in [0, 0.05) is 50.4 Å². The van der Waals surface area contributed by atoms with Gasteiger partial charge in [0.2, 0.25) is 0 Å². The molecule has 0 radical (unpaired) electrons. The van der Waals surface area contributed by atoms with E-state index >= 15 is 0 Å². The van der Waals surface area contributed by atoms with Crippen LogP contribution in [0.15, 0.2) is 48.5 Å². The Bertz CT molecular complexity index is 773. The molecular formula is C22H27N3O2. The molecule has 1 saturated heterocycles. The molecule has 0 aromatic heterocycles. The van der Waals surface area contributed by atoms with E-state index in [4.69, 9.17) is 0 Å². The van der Waals surface area contributed by atoms with Gasteiger partial charge in [-0.2, -0.15) is 0 Å². The molecule has 1 fully saturated rings. The second kappa shape index (κ2) is 8.82. The summed E-state index contributed by atoms with van der Waals surface area (Å²) in [5, 5.41) is 2.97. The van der Waals surface area contributed by atoms with E-state index in [-0.39, 0.29) is 11.8 Å². The average molecular weight is 365 g/mol. The maximum atomic E-state index is 12.6. The Morgan fingerprint density at radius 3 is 1.89 bits per heavy atom. The molecule has 5 nitrogen and oxygen atoms in total. The molecule has 1 aliphatic rings. The number of nitrogens with one attached hydrogen (secondary N) is 1. The van der Waals surface area contributed by atoms with E-state index in [1.54, 1.807) is 0 Å². The molecule has 0 bridgehead atoms. The summed E-state index contributed by atoms with van der Waals surface area (Å²) in [6.07, 6.45) is 0. The van der Waals surface area contributed by atoms with Crippen LogP contribution in [-0.4, -0.2) is 60.9 Å². The zero-order valence-corrected chi connectivity index (χ0v) is 16.1. The molecule has 0 aliphatic carbocycles. The summed E-state index contributed by atoms with van der Waals surface area (Å²) < 4.78 is 0. The quantitative estimate of drug-likeness (QED) is 0.886. The van der Waals surface area contributed by atoms with Crippen LogP contribution >= 0.6 is 0 Å². The van der Waals surface area contributed by atoms with E-state index in [1.807, 2.05) is 67.3 Å². The van der Waals surface area contributed by atoms with Gasteiger partial charge in [-0.1, -0.05) is 35.4 Å². The van der Waals surface area contributed by atoms with Gasteiger partial charge in [0.15, 0.2) is 0 Å². The van der Waals surface area contributed by atoms with Crippen molar-refractivity contribution in [1.82, 2.24) is 15.1 Å². The number of amides is 2. The molecule has 1 aliphatic heterocycles. The number of hydrogen-bond acceptors (Lipinski definition) is 3. The van der Waals surface area contributed by atoms with Crippen LogP contribution in [0.4, 0.5) is 0 Å². The molecule has 0 saturated carbocycles. The summed E-state index contributed by atoms with van der Waals surface area (Å²) in [7, 11) is 0. The number of carbonyl (C=O) groups is 2. The highest BCUT2D eigenvalue weighted by Gasteiger charge is 2.21. The number of rotatable bonds is 5. The topological polar surface area (TPSA) is 52.7 Å². The van der Waals surface area contributed by atoms with Crippen LogP contribution in [0.25, 0.3) is 0 Å². The van der Waals surface area contributed by atoms with Crippen LogP contribution in [-0.2, 0) is 0 Å². The molecule has 2 amide bonds. The van der Waals surface area contributed by atoms with Gasteiger partial charge in [0.1, 0.15) is 0 Å². The molecule has 3 rings (SSSR count). The molecule has 5 heteroatoms. The van der Waals surface area contributed by atoms with E-state index in [2.05, 4.69) is 10.2 Å². The minimum atomic E-state index is -0.0387. The Balaban J connectivity index is 1.40. The molecule has 27 heavy (non-hydrogen) atoms. The monoisotopic (exact) mass is 365 g/mol. The Morgan fingerprint density at radius 2 is 1.33 bits per heavy atom. The summed E-state index contributed by atoms with van der Waals surface area (Å²) in [5.74, 6) is 0.0607. The van der Waals surface area contributed by atoms with Crippen molar-refractivity contribution >= 4 is 11.8 Å². The maximum Gasteiger partial charge on any atom is 0.253 e. The Kier molecular flexibility index (Phi) is 6.24. The minimum absolute atomic E-state index is 0.0387. The van der Waals surface area contributed by atoms with E-state index in [0.29, 0.717) is 12.1 Å². The highest BCUT2D eigenvalue weighted by Crippen LogP contribution is 2.10. The van der Waals surface area contributed by atoms with Gasteiger partial charge in [0.25, 0.3) is 11.8 Å². The third kappa shape index (κ3) is 5.17. The summed E-state index contributed by atoms with van der Waals surface area (Å²) in [4.78, 5) is 28.9. The summed E-state index contributed by atoms with van der Waals surface area (Å²) in [5.41, 5.74) is 3.74. The third-order valence-corrected chi connectivity index (χ3v) is 4.99. The van der Waals surface area contributed by atoms with Crippen molar-refractivity contribution in [2.75, 3.05) is 39.3 Å². The van der Waals surface area contributed by atoms with Crippen LogP contribution in [0.2, 0.25) is 0 Å². The first-order chi connectivity index (χ1) is 13.0. The standard InChI is InChI=1S/C22H27N3O2/c1-17-3-7-19(8-4-17)21(26)23-11-12-24-13-15-25(16-14-24)22(27)20-9-5-18(2)6-10-20/h3-10H,11-16H2,1-2H3,(H,23,26). The van der Waals surface area contributed by atoms with Crippen LogP contribution in [0.1, 0.15) is 31.8 Å². The van der Waals surface area contributed by atoms with Gasteiger partial charge in [0.05, 0.1) is 0 Å². The maximum absolute atomic E-state index is 12.6. The molecule has 142 valence electrons. The highest BCUT2D eigenvalue weighted by atomic mass is 16.2. The molecule has 2 aromatic carbocycles. The normalized spacial score (nSPS) is 14.8. The second-order valence-electron chi connectivity index (χ2n) is 7.12. The van der Waals surface area contributed by atoms with Crippen molar-refractivity contribution in [3.05, 3.63) is 70.8 Å².